The molecular formula is C15H13NO. The Balaban J connectivity index is 2.23. The van der Waals surface area contributed by atoms with Gasteiger partial charge in [-0.1, -0.05) is 24.3 Å². The minimum Gasteiger partial charge on any atom is -0.443 e. The van der Waals surface area contributed by atoms with Crippen LogP contribution < -0.4 is 0 Å². The second-order valence-corrected chi connectivity index (χ2v) is 4.28. The topological polar surface area (TPSA) is 26.0 Å². The molecule has 0 bridgehead atoms. The molecule has 0 aliphatic heterocycles. The number of hydrogen-bond acceptors (Lipinski definition) is 2. The molecular weight excluding hydrogens is 210 g/mol. The van der Waals surface area contributed by atoms with Gasteiger partial charge in [0.05, 0.1) is 0 Å². The molecule has 0 saturated carbocycles. The van der Waals surface area contributed by atoms with E-state index in [2.05, 4.69) is 49.2 Å². The van der Waals surface area contributed by atoms with Crippen LogP contribution >= 0.6 is 0 Å². The number of benzene rings is 2. The molecule has 0 fully saturated rings. The van der Waals surface area contributed by atoms with Gasteiger partial charge in [-0.15, -0.1) is 0 Å². The summed E-state index contributed by atoms with van der Waals surface area (Å²) in [4.78, 5) is 4.19. The Labute approximate surface area is 99.9 Å². The lowest BCUT2D eigenvalue weighted by atomic mass is 9.97. The molecule has 3 rings (SSSR count). The first-order valence-corrected chi connectivity index (χ1v) is 5.65. The van der Waals surface area contributed by atoms with Crippen LogP contribution in [0.3, 0.4) is 0 Å². The lowest BCUT2D eigenvalue weighted by Gasteiger charge is -2.08. The van der Waals surface area contributed by atoms with Crippen molar-refractivity contribution in [3.8, 4) is 11.1 Å². The maximum absolute atomic E-state index is 5.25. The van der Waals surface area contributed by atoms with Crippen molar-refractivity contribution in [1.82, 2.24) is 4.98 Å². The standard InChI is InChI=1S/C15H13NO/c1-10-4-3-5-13(11(10)2)12-6-7-15-14(8-12)16-9-17-15/h3-9H,1-2H3. The Morgan fingerprint density at radius 1 is 1.06 bits per heavy atom. The van der Waals surface area contributed by atoms with E-state index in [0.717, 1.165) is 11.1 Å². The van der Waals surface area contributed by atoms with Gasteiger partial charge in [-0.3, -0.25) is 0 Å². The third kappa shape index (κ3) is 1.62. The molecule has 0 saturated heterocycles. The van der Waals surface area contributed by atoms with E-state index in [0.29, 0.717) is 0 Å². The summed E-state index contributed by atoms with van der Waals surface area (Å²) in [6.07, 6.45) is 1.48. The highest BCUT2D eigenvalue weighted by Crippen LogP contribution is 2.27. The minimum atomic E-state index is 0.832. The number of oxazole rings is 1. The van der Waals surface area contributed by atoms with Gasteiger partial charge in [-0.05, 0) is 48.2 Å². The predicted molar refractivity (Wildman–Crippen MR) is 68.9 cm³/mol. The lowest BCUT2D eigenvalue weighted by Crippen LogP contribution is -1.86. The predicted octanol–water partition coefficient (Wildman–Crippen LogP) is 4.11. The molecule has 0 N–H and O–H groups in total. The van der Waals surface area contributed by atoms with Crippen LogP contribution in [0.1, 0.15) is 11.1 Å². The van der Waals surface area contributed by atoms with Gasteiger partial charge in [-0.2, -0.15) is 0 Å². The molecule has 3 aromatic rings. The highest BCUT2D eigenvalue weighted by molar-refractivity contribution is 5.81. The van der Waals surface area contributed by atoms with Crippen LogP contribution in [0, 0.1) is 13.8 Å². The number of rotatable bonds is 1. The van der Waals surface area contributed by atoms with Crippen molar-refractivity contribution >= 4 is 11.1 Å². The molecule has 0 unspecified atom stereocenters. The summed E-state index contributed by atoms with van der Waals surface area (Å²) in [5.41, 5.74) is 6.81. The van der Waals surface area contributed by atoms with Crippen molar-refractivity contribution < 1.29 is 4.42 Å². The van der Waals surface area contributed by atoms with Gasteiger partial charge in [-0.25, -0.2) is 4.98 Å². The summed E-state index contributed by atoms with van der Waals surface area (Å²) < 4.78 is 5.25. The van der Waals surface area contributed by atoms with Crippen LogP contribution in [-0.2, 0) is 0 Å². The Morgan fingerprint density at radius 2 is 1.94 bits per heavy atom. The molecule has 0 atom stereocenters. The second-order valence-electron chi connectivity index (χ2n) is 4.28. The summed E-state index contributed by atoms with van der Waals surface area (Å²) in [5.74, 6) is 0. The number of aromatic nitrogens is 1. The summed E-state index contributed by atoms with van der Waals surface area (Å²) in [5, 5.41) is 0. The maximum atomic E-state index is 5.25. The van der Waals surface area contributed by atoms with E-state index < -0.39 is 0 Å². The average Bonchev–Trinajstić information content (AvgIpc) is 2.79. The Morgan fingerprint density at radius 3 is 2.82 bits per heavy atom. The largest absolute Gasteiger partial charge is 0.443 e. The van der Waals surface area contributed by atoms with Crippen LogP contribution in [0.15, 0.2) is 47.2 Å². The van der Waals surface area contributed by atoms with E-state index >= 15 is 0 Å². The van der Waals surface area contributed by atoms with E-state index in [1.165, 1.54) is 28.6 Å². The average molecular weight is 223 g/mol. The Hall–Kier alpha value is -2.09. The first kappa shape index (κ1) is 10.1. The fraction of sp³-hybridized carbons (Fsp3) is 0.133. The summed E-state index contributed by atoms with van der Waals surface area (Å²) in [7, 11) is 0. The van der Waals surface area contributed by atoms with E-state index in [9.17, 15) is 0 Å². The number of aryl methyl sites for hydroxylation is 1. The van der Waals surface area contributed by atoms with Gasteiger partial charge in [0.15, 0.2) is 12.0 Å². The Bertz CT molecular complexity index is 682. The highest BCUT2D eigenvalue weighted by atomic mass is 16.3. The summed E-state index contributed by atoms with van der Waals surface area (Å²) in [6, 6.07) is 12.5. The molecule has 84 valence electrons. The smallest absolute Gasteiger partial charge is 0.181 e. The molecule has 2 aromatic carbocycles. The molecule has 17 heavy (non-hydrogen) atoms. The fourth-order valence-corrected chi connectivity index (χ4v) is 2.09. The summed E-state index contributed by atoms with van der Waals surface area (Å²) >= 11 is 0. The van der Waals surface area contributed by atoms with Gasteiger partial charge >= 0.3 is 0 Å². The molecule has 1 heterocycles. The summed E-state index contributed by atoms with van der Waals surface area (Å²) in [6.45, 7) is 4.28. The van der Waals surface area contributed by atoms with Crippen LogP contribution in [0.4, 0.5) is 0 Å². The van der Waals surface area contributed by atoms with Crippen LogP contribution in [0.2, 0.25) is 0 Å². The zero-order valence-electron chi connectivity index (χ0n) is 9.90. The zero-order valence-corrected chi connectivity index (χ0v) is 9.90. The number of fused-ring (bicyclic) bond motifs is 1. The van der Waals surface area contributed by atoms with E-state index in [-0.39, 0.29) is 0 Å². The van der Waals surface area contributed by atoms with Gasteiger partial charge < -0.3 is 4.42 Å². The van der Waals surface area contributed by atoms with Gasteiger partial charge in [0, 0.05) is 0 Å². The maximum Gasteiger partial charge on any atom is 0.181 e. The molecule has 0 aliphatic rings. The third-order valence-electron chi connectivity index (χ3n) is 3.25. The molecule has 0 spiro atoms. The van der Waals surface area contributed by atoms with Crippen molar-refractivity contribution in [1.29, 1.82) is 0 Å². The minimum absolute atomic E-state index is 0.832. The Kier molecular flexibility index (Phi) is 2.22. The van der Waals surface area contributed by atoms with Crippen molar-refractivity contribution in [2.75, 3.05) is 0 Å². The first-order chi connectivity index (χ1) is 8.25. The normalized spacial score (nSPS) is 10.9. The van der Waals surface area contributed by atoms with Crippen molar-refractivity contribution in [2.45, 2.75) is 13.8 Å². The van der Waals surface area contributed by atoms with Gasteiger partial charge in [0.1, 0.15) is 5.52 Å². The van der Waals surface area contributed by atoms with Crippen LogP contribution in [-0.4, -0.2) is 4.98 Å². The molecule has 1 aromatic heterocycles. The highest BCUT2D eigenvalue weighted by Gasteiger charge is 2.06. The molecule has 0 radical (unpaired) electrons. The molecule has 2 nitrogen and oxygen atoms in total. The lowest BCUT2D eigenvalue weighted by molar-refractivity contribution is 0.602. The van der Waals surface area contributed by atoms with Crippen molar-refractivity contribution in [2.24, 2.45) is 0 Å². The monoisotopic (exact) mass is 223 g/mol. The van der Waals surface area contributed by atoms with Gasteiger partial charge in [0.2, 0.25) is 0 Å². The van der Waals surface area contributed by atoms with Gasteiger partial charge in [0.25, 0.3) is 0 Å². The van der Waals surface area contributed by atoms with Crippen LogP contribution in [0.5, 0.6) is 0 Å². The zero-order chi connectivity index (χ0) is 11.8. The van der Waals surface area contributed by atoms with Crippen LogP contribution in [0.25, 0.3) is 22.2 Å². The number of nitrogens with zero attached hydrogens (tertiary/aromatic N) is 1. The van der Waals surface area contributed by atoms with Crippen molar-refractivity contribution in [3.05, 3.63) is 53.9 Å². The van der Waals surface area contributed by atoms with E-state index in [4.69, 9.17) is 4.42 Å². The van der Waals surface area contributed by atoms with E-state index in [1.807, 2.05) is 6.07 Å². The quantitative estimate of drug-likeness (QED) is 0.620. The molecule has 2 heteroatoms. The second kappa shape index (κ2) is 3.74. The number of hydrogen-bond donors (Lipinski definition) is 0. The first-order valence-electron chi connectivity index (χ1n) is 5.65. The van der Waals surface area contributed by atoms with Crippen molar-refractivity contribution in [3.63, 3.8) is 0 Å². The molecule has 0 aliphatic carbocycles. The fourth-order valence-electron chi connectivity index (χ4n) is 2.09. The SMILES string of the molecule is Cc1cccc(-c2ccc3ocnc3c2)c1C. The third-order valence-corrected chi connectivity index (χ3v) is 3.25. The van der Waals surface area contributed by atoms with E-state index in [1.54, 1.807) is 0 Å². The molecule has 0 amide bonds.